The fourth-order valence-electron chi connectivity index (χ4n) is 6.53. The average Bonchev–Trinajstić information content (AvgIpc) is 3.54. The van der Waals surface area contributed by atoms with Crippen LogP contribution in [0.3, 0.4) is 0 Å². The van der Waals surface area contributed by atoms with Crippen LogP contribution in [0.25, 0.3) is 22.5 Å². The maximum atomic E-state index is 15.8. The van der Waals surface area contributed by atoms with Crippen molar-refractivity contribution in [2.45, 2.75) is 63.5 Å². The standard InChI is InChI=1S/C31H31FN8O3/c32-23-15-19(37-30(42)27-24-5-2-4-14-38(24)40(31(27)43)26-6-1-3-13-34-26)9-12-21(23)22-16-25(18-7-10-20(41)11-8-18)39-28(22)29(33)35-17-36-39/h1,3,6,9,12-13,15-18,20,41H,2,4-5,7-8,10-11,14H2,(H,37,42)(H2,33,35,36). The molecule has 1 amide bonds. The Morgan fingerprint density at radius 1 is 1.05 bits per heavy atom. The van der Waals surface area contributed by atoms with Crippen LogP contribution in [0, 0.1) is 5.82 Å². The summed E-state index contributed by atoms with van der Waals surface area (Å²) in [5.41, 5.74) is 8.95. The van der Waals surface area contributed by atoms with E-state index in [2.05, 4.69) is 20.4 Å². The maximum Gasteiger partial charge on any atom is 0.285 e. The topological polar surface area (TPSA) is 145 Å². The van der Waals surface area contributed by atoms with Gasteiger partial charge in [-0.15, -0.1) is 0 Å². The van der Waals surface area contributed by atoms with Crippen molar-refractivity contribution in [3.63, 3.8) is 0 Å². The molecule has 0 unspecified atom stereocenters. The molecule has 5 heterocycles. The van der Waals surface area contributed by atoms with E-state index in [1.54, 1.807) is 41.0 Å². The van der Waals surface area contributed by atoms with Gasteiger partial charge in [0, 0.05) is 41.2 Å². The zero-order valence-corrected chi connectivity index (χ0v) is 23.4. The zero-order chi connectivity index (χ0) is 29.7. The van der Waals surface area contributed by atoms with Gasteiger partial charge in [0.25, 0.3) is 11.5 Å². The Morgan fingerprint density at radius 3 is 2.65 bits per heavy atom. The summed E-state index contributed by atoms with van der Waals surface area (Å²) in [5, 5.41) is 17.1. The van der Waals surface area contributed by atoms with Gasteiger partial charge in [0.05, 0.1) is 11.8 Å². The second-order valence-corrected chi connectivity index (χ2v) is 11.2. The minimum Gasteiger partial charge on any atom is -0.393 e. The second kappa shape index (κ2) is 10.8. The van der Waals surface area contributed by atoms with E-state index in [0.717, 1.165) is 31.4 Å². The summed E-state index contributed by atoms with van der Waals surface area (Å²) in [5.74, 6) is -0.345. The predicted molar refractivity (Wildman–Crippen MR) is 159 cm³/mol. The number of amides is 1. The number of carbonyl (C=O) groups is 1. The molecule has 12 heteroatoms. The lowest BCUT2D eigenvalue weighted by molar-refractivity contribution is 0.102. The molecule has 220 valence electrons. The molecule has 1 aromatic carbocycles. The molecule has 43 heavy (non-hydrogen) atoms. The molecule has 11 nitrogen and oxygen atoms in total. The second-order valence-electron chi connectivity index (χ2n) is 11.2. The smallest absolute Gasteiger partial charge is 0.285 e. The molecule has 1 fully saturated rings. The van der Waals surface area contributed by atoms with Crippen molar-refractivity contribution in [2.24, 2.45) is 0 Å². The van der Waals surface area contributed by atoms with E-state index in [4.69, 9.17) is 5.73 Å². The highest BCUT2D eigenvalue weighted by molar-refractivity contribution is 6.05. The first-order valence-electron chi connectivity index (χ1n) is 14.6. The number of pyridine rings is 1. The van der Waals surface area contributed by atoms with Crippen molar-refractivity contribution in [1.29, 1.82) is 0 Å². The van der Waals surface area contributed by atoms with Gasteiger partial charge in [-0.3, -0.25) is 14.3 Å². The molecule has 0 radical (unpaired) electrons. The van der Waals surface area contributed by atoms with Gasteiger partial charge in [-0.1, -0.05) is 6.07 Å². The highest BCUT2D eigenvalue weighted by atomic mass is 19.1. The van der Waals surface area contributed by atoms with E-state index in [-0.39, 0.29) is 34.7 Å². The normalized spacial score (nSPS) is 18.5. The van der Waals surface area contributed by atoms with Crippen LogP contribution in [-0.4, -0.2) is 46.1 Å². The summed E-state index contributed by atoms with van der Waals surface area (Å²) in [6, 6.07) is 11.6. The van der Waals surface area contributed by atoms with Gasteiger partial charge >= 0.3 is 0 Å². The molecule has 0 atom stereocenters. The number of halogens is 1. The maximum absolute atomic E-state index is 15.8. The summed E-state index contributed by atoms with van der Waals surface area (Å²) in [4.78, 5) is 35.5. The van der Waals surface area contributed by atoms with Gasteiger partial charge < -0.3 is 16.2 Å². The number of anilines is 2. The Bertz CT molecular complexity index is 1900. The van der Waals surface area contributed by atoms with Gasteiger partial charge in [-0.25, -0.2) is 18.9 Å². The van der Waals surface area contributed by atoms with Crippen LogP contribution in [0.5, 0.6) is 0 Å². The van der Waals surface area contributed by atoms with Crippen molar-refractivity contribution >= 4 is 22.9 Å². The summed E-state index contributed by atoms with van der Waals surface area (Å²) < 4.78 is 20.8. The number of hydrogen-bond acceptors (Lipinski definition) is 7. The van der Waals surface area contributed by atoms with E-state index in [1.807, 2.05) is 10.7 Å². The molecule has 1 aliphatic carbocycles. The number of nitrogens with one attached hydrogen (secondary N) is 1. The van der Waals surface area contributed by atoms with Gasteiger partial charge in [-0.2, -0.15) is 9.78 Å². The summed E-state index contributed by atoms with van der Waals surface area (Å²) >= 11 is 0. The lowest BCUT2D eigenvalue weighted by Gasteiger charge is -2.24. The molecule has 5 aromatic rings. The molecule has 2 aliphatic rings. The van der Waals surface area contributed by atoms with E-state index >= 15 is 4.39 Å². The summed E-state index contributed by atoms with van der Waals surface area (Å²) in [6.45, 7) is 0.597. The molecular formula is C31H31FN8O3. The highest BCUT2D eigenvalue weighted by Crippen LogP contribution is 2.39. The van der Waals surface area contributed by atoms with Gasteiger partial charge in [-0.05, 0) is 81.3 Å². The number of hydrogen-bond donors (Lipinski definition) is 3. The van der Waals surface area contributed by atoms with E-state index in [0.29, 0.717) is 48.4 Å². The minimum absolute atomic E-state index is 0.0421. The molecule has 4 aromatic heterocycles. The number of nitrogen functional groups attached to an aromatic ring is 1. The average molecular weight is 583 g/mol. The molecule has 1 aliphatic heterocycles. The number of carbonyl (C=O) groups excluding carboxylic acids is 1. The van der Waals surface area contributed by atoms with E-state index in [9.17, 15) is 14.7 Å². The van der Waals surface area contributed by atoms with E-state index in [1.165, 1.54) is 17.1 Å². The van der Waals surface area contributed by atoms with Gasteiger partial charge in [0.1, 0.15) is 23.2 Å². The van der Waals surface area contributed by atoms with Crippen LogP contribution in [0.2, 0.25) is 0 Å². The molecule has 0 saturated heterocycles. The van der Waals surface area contributed by atoms with Crippen LogP contribution < -0.4 is 16.6 Å². The quantitative estimate of drug-likeness (QED) is 0.283. The Labute approximate surface area is 245 Å². The SMILES string of the molecule is Nc1ncnn2c(C3CCC(O)CC3)cc(-c3ccc(NC(=O)c4c5n(n(-c6ccccn6)c4=O)CCCC5)cc3F)c12. The number of nitrogens with zero attached hydrogens (tertiary/aromatic N) is 6. The number of aliphatic hydroxyl groups excluding tert-OH is 1. The first-order valence-corrected chi connectivity index (χ1v) is 14.6. The van der Waals surface area contributed by atoms with Crippen LogP contribution >= 0.6 is 0 Å². The third-order valence-electron chi connectivity index (χ3n) is 8.62. The van der Waals surface area contributed by atoms with Crippen LogP contribution in [0.1, 0.15) is 66.2 Å². The lowest BCUT2D eigenvalue weighted by atomic mass is 9.85. The van der Waals surface area contributed by atoms with Gasteiger partial charge in [0.15, 0.2) is 11.6 Å². The Morgan fingerprint density at radius 2 is 1.88 bits per heavy atom. The lowest BCUT2D eigenvalue weighted by Crippen LogP contribution is -2.26. The number of fused-ring (bicyclic) bond motifs is 2. The largest absolute Gasteiger partial charge is 0.393 e. The first-order chi connectivity index (χ1) is 20.9. The number of nitrogens with two attached hydrogens (primary N) is 1. The van der Waals surface area contributed by atoms with Crippen molar-refractivity contribution in [3.8, 4) is 16.9 Å². The molecular weight excluding hydrogens is 551 g/mol. The summed E-state index contributed by atoms with van der Waals surface area (Å²) in [7, 11) is 0. The monoisotopic (exact) mass is 582 g/mol. The van der Waals surface area contributed by atoms with Crippen LogP contribution in [0.4, 0.5) is 15.9 Å². The summed E-state index contributed by atoms with van der Waals surface area (Å²) in [6.07, 6.45) is 7.95. The minimum atomic E-state index is -0.591. The number of aromatic nitrogens is 6. The van der Waals surface area contributed by atoms with Crippen molar-refractivity contribution < 1.29 is 14.3 Å². The predicted octanol–water partition coefficient (Wildman–Crippen LogP) is 4.07. The molecule has 0 spiro atoms. The fraction of sp³-hybridized carbons (Fsp3) is 0.323. The van der Waals surface area contributed by atoms with Crippen LogP contribution in [0.15, 0.2) is 59.8 Å². The number of benzene rings is 1. The number of aliphatic hydroxyl groups is 1. The zero-order valence-electron chi connectivity index (χ0n) is 23.4. The van der Waals surface area contributed by atoms with Crippen molar-refractivity contribution in [1.82, 2.24) is 28.9 Å². The highest BCUT2D eigenvalue weighted by Gasteiger charge is 2.29. The third kappa shape index (κ3) is 4.67. The van der Waals surface area contributed by atoms with Gasteiger partial charge in [0.2, 0.25) is 0 Å². The molecule has 7 rings (SSSR count). The molecule has 4 N–H and O–H groups in total. The first kappa shape index (κ1) is 27.0. The molecule has 0 bridgehead atoms. The number of rotatable bonds is 5. The van der Waals surface area contributed by atoms with Crippen molar-refractivity contribution in [2.75, 3.05) is 11.1 Å². The van der Waals surface area contributed by atoms with E-state index < -0.39 is 17.3 Å². The fourth-order valence-corrected chi connectivity index (χ4v) is 6.53. The Kier molecular flexibility index (Phi) is 6.77. The Balaban J connectivity index is 1.22. The molecule has 1 saturated carbocycles. The Hall–Kier alpha value is -4.84. The van der Waals surface area contributed by atoms with Crippen LogP contribution in [-0.2, 0) is 13.0 Å². The third-order valence-corrected chi connectivity index (χ3v) is 8.62. The van der Waals surface area contributed by atoms with Crippen molar-refractivity contribution in [3.05, 3.63) is 88.1 Å².